The molecule has 2 aromatic rings. The van der Waals surface area contributed by atoms with Gasteiger partial charge in [0.1, 0.15) is 0 Å². The molecule has 2 unspecified atom stereocenters. The Kier molecular flexibility index (Phi) is 12.7. The molecule has 184 valence electrons. The van der Waals surface area contributed by atoms with Crippen molar-refractivity contribution >= 4 is 58.1 Å². The summed E-state index contributed by atoms with van der Waals surface area (Å²) >= 11 is 3.35. The highest BCUT2D eigenvalue weighted by Gasteiger charge is 2.13. The quantitative estimate of drug-likeness (QED) is 0.220. The maximum Gasteiger partial charge on any atom is 0.228 e. The predicted octanol–water partition coefficient (Wildman–Crippen LogP) is 4.64. The van der Waals surface area contributed by atoms with Gasteiger partial charge in [-0.1, -0.05) is 13.8 Å². The van der Waals surface area contributed by atoms with E-state index in [0.717, 1.165) is 34.4 Å². The summed E-state index contributed by atoms with van der Waals surface area (Å²) in [5.74, 6) is 2.95. The Bertz CT molecular complexity index is 847. The fraction of sp³-hybridized carbons (Fsp3) is 0.417. The number of hydrogen-bond acceptors (Lipinski definition) is 8. The highest BCUT2D eigenvalue weighted by molar-refractivity contribution is 7.99. The van der Waals surface area contributed by atoms with Gasteiger partial charge in [-0.2, -0.15) is 33.8 Å². The molecule has 6 N–H and O–H groups in total. The first-order chi connectivity index (χ1) is 16.4. The third-order valence-corrected chi connectivity index (χ3v) is 7.23. The van der Waals surface area contributed by atoms with Crippen molar-refractivity contribution in [1.82, 2.24) is 0 Å². The van der Waals surface area contributed by atoms with Crippen molar-refractivity contribution in [2.45, 2.75) is 13.8 Å². The number of azo groups is 1. The van der Waals surface area contributed by atoms with E-state index in [-0.39, 0.29) is 23.7 Å². The number of thioether (sulfide) groups is 2. The molecule has 8 nitrogen and oxygen atoms in total. The van der Waals surface area contributed by atoms with Crippen LogP contribution in [0.1, 0.15) is 13.8 Å². The van der Waals surface area contributed by atoms with Crippen molar-refractivity contribution in [2.75, 3.05) is 46.7 Å². The Balaban J connectivity index is 1.84. The standard InChI is InChI=1S/C24H34N6O2S2/c1-17(15-33-13-11-25)23(31)27-19-3-7-21(8-4-19)29-30-22-9-5-20(6-10-22)28-24(32)18(2)16-34-14-12-26/h3-10,17-18H,11-16,25-26H2,1-2H3,(H,27,31)(H,28,32). The van der Waals surface area contributed by atoms with E-state index in [9.17, 15) is 9.59 Å². The number of nitrogens with one attached hydrogen (secondary N) is 2. The molecule has 0 aliphatic heterocycles. The number of anilines is 2. The summed E-state index contributed by atoms with van der Waals surface area (Å²) in [7, 11) is 0. The van der Waals surface area contributed by atoms with Crippen LogP contribution in [0.5, 0.6) is 0 Å². The highest BCUT2D eigenvalue weighted by Crippen LogP contribution is 2.22. The summed E-state index contributed by atoms with van der Waals surface area (Å²) in [6, 6.07) is 14.4. The van der Waals surface area contributed by atoms with Crippen LogP contribution in [0.25, 0.3) is 0 Å². The third-order valence-electron chi connectivity index (χ3n) is 4.71. The fourth-order valence-electron chi connectivity index (χ4n) is 2.71. The number of amides is 2. The van der Waals surface area contributed by atoms with Gasteiger partial charge in [-0.05, 0) is 48.5 Å². The van der Waals surface area contributed by atoms with Crippen molar-refractivity contribution in [3.05, 3.63) is 48.5 Å². The molecular formula is C24H34N6O2S2. The van der Waals surface area contributed by atoms with Gasteiger partial charge in [0.15, 0.2) is 0 Å². The Morgan fingerprint density at radius 2 is 1.09 bits per heavy atom. The molecule has 34 heavy (non-hydrogen) atoms. The Labute approximate surface area is 210 Å². The van der Waals surface area contributed by atoms with Gasteiger partial charge in [0.25, 0.3) is 0 Å². The van der Waals surface area contributed by atoms with Crippen LogP contribution in [0.4, 0.5) is 22.7 Å². The lowest BCUT2D eigenvalue weighted by Crippen LogP contribution is -2.22. The second kappa shape index (κ2) is 15.5. The molecule has 0 aromatic heterocycles. The zero-order chi connectivity index (χ0) is 24.8. The lowest BCUT2D eigenvalue weighted by molar-refractivity contribution is -0.119. The zero-order valence-electron chi connectivity index (χ0n) is 19.7. The second-order valence-electron chi connectivity index (χ2n) is 7.80. The summed E-state index contributed by atoms with van der Waals surface area (Å²) in [5.41, 5.74) is 13.7. The molecule has 0 bridgehead atoms. The number of carbonyl (C=O) groups excluding carboxylic acids is 2. The van der Waals surface area contributed by atoms with Crippen LogP contribution in [-0.2, 0) is 9.59 Å². The molecule has 0 aliphatic carbocycles. The molecule has 0 saturated heterocycles. The molecule has 10 heteroatoms. The van der Waals surface area contributed by atoms with Gasteiger partial charge in [-0.3, -0.25) is 9.59 Å². The summed E-state index contributed by atoms with van der Waals surface area (Å²) in [5, 5.41) is 14.3. The number of hydrogen-bond donors (Lipinski definition) is 4. The van der Waals surface area contributed by atoms with Crippen LogP contribution >= 0.6 is 23.5 Å². The van der Waals surface area contributed by atoms with Gasteiger partial charge in [0.2, 0.25) is 11.8 Å². The second-order valence-corrected chi connectivity index (χ2v) is 10.1. The highest BCUT2D eigenvalue weighted by atomic mass is 32.2. The largest absolute Gasteiger partial charge is 0.330 e. The minimum atomic E-state index is -0.0954. The minimum absolute atomic E-state index is 0.0187. The van der Waals surface area contributed by atoms with E-state index < -0.39 is 0 Å². The zero-order valence-corrected chi connectivity index (χ0v) is 21.3. The van der Waals surface area contributed by atoms with E-state index in [1.54, 1.807) is 72.1 Å². The van der Waals surface area contributed by atoms with Crippen molar-refractivity contribution in [3.63, 3.8) is 0 Å². The lowest BCUT2D eigenvalue weighted by Gasteiger charge is -2.12. The predicted molar refractivity (Wildman–Crippen MR) is 145 cm³/mol. The van der Waals surface area contributed by atoms with E-state index in [1.807, 2.05) is 13.8 Å². The van der Waals surface area contributed by atoms with Crippen LogP contribution in [0.15, 0.2) is 58.8 Å². The number of benzene rings is 2. The average Bonchev–Trinajstić information content (AvgIpc) is 2.84. The molecule has 2 atom stereocenters. The van der Waals surface area contributed by atoms with Gasteiger partial charge in [0.05, 0.1) is 11.4 Å². The van der Waals surface area contributed by atoms with Gasteiger partial charge in [-0.25, -0.2) is 0 Å². The Morgan fingerprint density at radius 1 is 0.735 bits per heavy atom. The fourth-order valence-corrected chi connectivity index (χ4v) is 4.38. The van der Waals surface area contributed by atoms with Gasteiger partial charge < -0.3 is 22.1 Å². The molecule has 2 rings (SSSR count). The SMILES string of the molecule is CC(CSCCN)C(=O)Nc1ccc(N=Nc2ccc(NC(=O)C(C)CSCCN)cc2)cc1. The average molecular weight is 503 g/mol. The number of carbonyl (C=O) groups is 2. The first kappa shape index (κ1) is 27.8. The molecule has 0 radical (unpaired) electrons. The van der Waals surface area contributed by atoms with E-state index in [0.29, 0.717) is 24.5 Å². The monoisotopic (exact) mass is 502 g/mol. The summed E-state index contributed by atoms with van der Waals surface area (Å²) in [6.45, 7) is 5.04. The first-order valence-electron chi connectivity index (χ1n) is 11.2. The third kappa shape index (κ3) is 10.3. The van der Waals surface area contributed by atoms with Crippen LogP contribution in [-0.4, -0.2) is 47.9 Å². The van der Waals surface area contributed by atoms with E-state index >= 15 is 0 Å². The molecule has 2 amide bonds. The van der Waals surface area contributed by atoms with Crippen LogP contribution < -0.4 is 22.1 Å². The summed E-state index contributed by atoms with van der Waals surface area (Å²) in [6.07, 6.45) is 0. The Hall–Kier alpha value is -2.40. The molecule has 0 heterocycles. The molecular weight excluding hydrogens is 468 g/mol. The molecule has 0 aliphatic rings. The van der Waals surface area contributed by atoms with E-state index in [4.69, 9.17) is 11.5 Å². The number of nitrogens with zero attached hydrogens (tertiary/aromatic N) is 2. The van der Waals surface area contributed by atoms with Gasteiger partial charge in [-0.15, -0.1) is 0 Å². The summed E-state index contributed by atoms with van der Waals surface area (Å²) < 4.78 is 0. The van der Waals surface area contributed by atoms with E-state index in [1.165, 1.54) is 0 Å². The first-order valence-corrected chi connectivity index (χ1v) is 13.5. The summed E-state index contributed by atoms with van der Waals surface area (Å²) in [4.78, 5) is 24.5. The molecule has 0 fully saturated rings. The normalized spacial score (nSPS) is 12.9. The lowest BCUT2D eigenvalue weighted by atomic mass is 10.2. The Morgan fingerprint density at radius 3 is 1.41 bits per heavy atom. The smallest absolute Gasteiger partial charge is 0.228 e. The van der Waals surface area contributed by atoms with Crippen molar-refractivity contribution in [1.29, 1.82) is 0 Å². The van der Waals surface area contributed by atoms with Crippen LogP contribution in [0, 0.1) is 11.8 Å². The minimum Gasteiger partial charge on any atom is -0.330 e. The van der Waals surface area contributed by atoms with Gasteiger partial charge >= 0.3 is 0 Å². The van der Waals surface area contributed by atoms with Crippen molar-refractivity contribution in [3.8, 4) is 0 Å². The van der Waals surface area contributed by atoms with Crippen LogP contribution in [0.2, 0.25) is 0 Å². The maximum absolute atomic E-state index is 12.3. The van der Waals surface area contributed by atoms with Crippen molar-refractivity contribution in [2.24, 2.45) is 33.5 Å². The number of nitrogens with two attached hydrogens (primary N) is 2. The number of rotatable bonds is 14. The van der Waals surface area contributed by atoms with Crippen LogP contribution in [0.3, 0.4) is 0 Å². The van der Waals surface area contributed by atoms with Crippen molar-refractivity contribution < 1.29 is 9.59 Å². The maximum atomic E-state index is 12.3. The molecule has 0 saturated carbocycles. The molecule has 2 aromatic carbocycles. The topological polar surface area (TPSA) is 135 Å². The van der Waals surface area contributed by atoms with E-state index in [2.05, 4.69) is 20.9 Å². The van der Waals surface area contributed by atoms with Gasteiger partial charge in [0, 0.05) is 59.3 Å². The molecule has 0 spiro atoms.